The monoisotopic (exact) mass is 375 g/mol. The van der Waals surface area contributed by atoms with Crippen LogP contribution in [0.25, 0.3) is 11.5 Å². The number of rotatable bonds is 6. The van der Waals surface area contributed by atoms with Crippen molar-refractivity contribution in [3.8, 4) is 17.2 Å². The van der Waals surface area contributed by atoms with Crippen molar-refractivity contribution in [3.63, 3.8) is 0 Å². The van der Waals surface area contributed by atoms with Crippen LogP contribution in [0.4, 0.5) is 0 Å². The number of piperidine rings is 1. The molecule has 0 spiro atoms. The number of nitrogens with zero attached hydrogens (tertiary/aromatic N) is 3. The maximum atomic E-state index is 12.4. The smallest absolute Gasteiger partial charge is 0.277 e. The molecule has 0 saturated carbocycles. The summed E-state index contributed by atoms with van der Waals surface area (Å²) in [7, 11) is 0. The van der Waals surface area contributed by atoms with Crippen molar-refractivity contribution in [1.29, 1.82) is 0 Å². The molecule has 2 atom stereocenters. The largest absolute Gasteiger partial charge is 0.494 e. The first kappa shape index (κ1) is 18.8. The molecule has 2 aromatic rings. The molecule has 1 aliphatic heterocycles. The van der Waals surface area contributed by atoms with E-state index in [0.717, 1.165) is 24.4 Å². The molecule has 0 unspecified atom stereocenters. The van der Waals surface area contributed by atoms with Gasteiger partial charge in [0, 0.05) is 18.7 Å². The van der Waals surface area contributed by atoms with Gasteiger partial charge in [-0.3, -0.25) is 4.79 Å². The van der Waals surface area contributed by atoms with Crippen LogP contribution in [0.5, 0.6) is 5.75 Å². The van der Waals surface area contributed by atoms with Crippen molar-refractivity contribution in [1.82, 2.24) is 15.1 Å². The summed E-state index contributed by atoms with van der Waals surface area (Å²) in [4.78, 5) is 14.4. The van der Waals surface area contributed by atoms with Gasteiger partial charge < -0.3 is 14.1 Å². The molecular weight excluding hydrogens is 350 g/mol. The van der Waals surface area contributed by atoms with Crippen molar-refractivity contribution in [2.24, 2.45) is 11.8 Å². The van der Waals surface area contributed by atoms with E-state index in [2.05, 4.69) is 24.0 Å². The molecule has 0 bridgehead atoms. The van der Waals surface area contributed by atoms with Crippen molar-refractivity contribution >= 4 is 17.7 Å². The Morgan fingerprint density at radius 2 is 1.92 bits per heavy atom. The Morgan fingerprint density at radius 3 is 2.58 bits per heavy atom. The minimum absolute atomic E-state index is 0.134. The Hall–Kier alpha value is -2.02. The van der Waals surface area contributed by atoms with E-state index in [4.69, 9.17) is 9.15 Å². The normalized spacial score (nSPS) is 20.2. The molecule has 6 nitrogen and oxygen atoms in total. The minimum Gasteiger partial charge on any atom is -0.494 e. The first-order chi connectivity index (χ1) is 12.5. The molecule has 26 heavy (non-hydrogen) atoms. The standard InChI is InChI=1S/C19H25N3O3S/c1-4-24-16-7-5-15(6-8-16)18-20-21-19(25-18)26-12-17(23)22-10-13(2)9-14(3)11-22/h5-8,13-14H,4,9-12H2,1-3H3/t13-,14-/m1/s1. The van der Waals surface area contributed by atoms with Gasteiger partial charge in [-0.05, 0) is 49.4 Å². The van der Waals surface area contributed by atoms with Gasteiger partial charge in [0.1, 0.15) is 5.75 Å². The van der Waals surface area contributed by atoms with Gasteiger partial charge in [0.25, 0.3) is 5.22 Å². The average Bonchev–Trinajstić information content (AvgIpc) is 3.09. The fraction of sp³-hybridized carbons (Fsp3) is 0.526. The zero-order valence-corrected chi connectivity index (χ0v) is 16.3. The van der Waals surface area contributed by atoms with Crippen LogP contribution < -0.4 is 4.74 Å². The highest BCUT2D eigenvalue weighted by Crippen LogP contribution is 2.26. The summed E-state index contributed by atoms with van der Waals surface area (Å²) in [5.41, 5.74) is 0.831. The quantitative estimate of drug-likeness (QED) is 0.717. The van der Waals surface area contributed by atoms with E-state index in [1.807, 2.05) is 36.1 Å². The second kappa shape index (κ2) is 8.58. The number of likely N-dealkylation sites (tertiary alicyclic amines) is 1. The summed E-state index contributed by atoms with van der Waals surface area (Å²) in [6.07, 6.45) is 1.19. The number of carbonyl (C=O) groups is 1. The van der Waals surface area contributed by atoms with E-state index in [-0.39, 0.29) is 5.91 Å². The SMILES string of the molecule is CCOc1ccc(-c2nnc(SCC(=O)N3C[C@H](C)C[C@@H](C)C3)o2)cc1. The van der Waals surface area contributed by atoms with Crippen LogP contribution in [0.1, 0.15) is 27.2 Å². The molecule has 1 aliphatic rings. The first-order valence-corrected chi connectivity index (χ1v) is 10.0. The number of amides is 1. The highest BCUT2D eigenvalue weighted by atomic mass is 32.2. The predicted octanol–water partition coefficient (Wildman–Crippen LogP) is 3.73. The van der Waals surface area contributed by atoms with Gasteiger partial charge in [-0.25, -0.2) is 0 Å². The Balaban J connectivity index is 1.55. The zero-order chi connectivity index (χ0) is 18.5. The highest BCUT2D eigenvalue weighted by Gasteiger charge is 2.25. The molecule has 3 rings (SSSR count). The van der Waals surface area contributed by atoms with Gasteiger partial charge in [-0.2, -0.15) is 0 Å². The first-order valence-electron chi connectivity index (χ1n) is 9.02. The zero-order valence-electron chi connectivity index (χ0n) is 15.5. The third-order valence-corrected chi connectivity index (χ3v) is 5.16. The lowest BCUT2D eigenvalue weighted by molar-refractivity contribution is -0.130. The van der Waals surface area contributed by atoms with E-state index in [1.54, 1.807) is 0 Å². The maximum Gasteiger partial charge on any atom is 0.277 e. The molecule has 1 fully saturated rings. The molecule has 7 heteroatoms. The maximum absolute atomic E-state index is 12.4. The number of carbonyl (C=O) groups excluding carboxylic acids is 1. The molecule has 1 saturated heterocycles. The lowest BCUT2D eigenvalue weighted by atomic mass is 9.92. The number of benzene rings is 1. The summed E-state index contributed by atoms with van der Waals surface area (Å²) < 4.78 is 11.1. The Labute approximate surface area is 158 Å². The molecule has 1 aromatic heterocycles. The van der Waals surface area contributed by atoms with E-state index in [0.29, 0.717) is 35.3 Å². The lowest BCUT2D eigenvalue weighted by Gasteiger charge is -2.34. The van der Waals surface area contributed by atoms with Crippen LogP contribution in [0.15, 0.2) is 33.9 Å². The Kier molecular flexibility index (Phi) is 6.19. The molecule has 140 valence electrons. The summed E-state index contributed by atoms with van der Waals surface area (Å²) in [6, 6.07) is 7.51. The number of hydrogen-bond acceptors (Lipinski definition) is 6. The van der Waals surface area contributed by atoms with E-state index < -0.39 is 0 Å². The number of aromatic nitrogens is 2. The van der Waals surface area contributed by atoms with Crippen LogP contribution in [0.3, 0.4) is 0 Å². The van der Waals surface area contributed by atoms with Gasteiger partial charge in [-0.15, -0.1) is 10.2 Å². The van der Waals surface area contributed by atoms with Crippen molar-refractivity contribution in [2.75, 3.05) is 25.4 Å². The van der Waals surface area contributed by atoms with Crippen molar-refractivity contribution < 1.29 is 13.9 Å². The number of hydrogen-bond donors (Lipinski definition) is 0. The Morgan fingerprint density at radius 1 is 1.23 bits per heavy atom. The third-order valence-electron chi connectivity index (χ3n) is 4.36. The third kappa shape index (κ3) is 4.78. The van der Waals surface area contributed by atoms with Crippen molar-refractivity contribution in [3.05, 3.63) is 24.3 Å². The van der Waals surface area contributed by atoms with Gasteiger partial charge >= 0.3 is 0 Å². The van der Waals surface area contributed by atoms with E-state index >= 15 is 0 Å². The molecule has 1 aromatic carbocycles. The summed E-state index contributed by atoms with van der Waals surface area (Å²) in [5, 5.41) is 8.53. The van der Waals surface area contributed by atoms with Crippen LogP contribution >= 0.6 is 11.8 Å². The fourth-order valence-corrected chi connectivity index (χ4v) is 3.99. The Bertz CT molecular complexity index is 722. The average molecular weight is 375 g/mol. The van der Waals surface area contributed by atoms with Crippen LogP contribution in [-0.2, 0) is 4.79 Å². The van der Waals surface area contributed by atoms with Gasteiger partial charge in [0.2, 0.25) is 11.8 Å². The molecule has 0 radical (unpaired) electrons. The highest BCUT2D eigenvalue weighted by molar-refractivity contribution is 7.99. The van der Waals surface area contributed by atoms with E-state index in [1.165, 1.54) is 18.2 Å². The second-order valence-corrected chi connectivity index (χ2v) is 7.79. The molecule has 0 aliphatic carbocycles. The van der Waals surface area contributed by atoms with Gasteiger partial charge in [0.15, 0.2) is 0 Å². The summed E-state index contributed by atoms with van der Waals surface area (Å²) in [5.74, 6) is 2.83. The summed E-state index contributed by atoms with van der Waals surface area (Å²) in [6.45, 7) is 8.65. The molecule has 1 amide bonds. The van der Waals surface area contributed by atoms with Gasteiger partial charge in [0.05, 0.1) is 12.4 Å². The minimum atomic E-state index is 0.134. The van der Waals surface area contributed by atoms with Crippen LogP contribution in [0, 0.1) is 11.8 Å². The van der Waals surface area contributed by atoms with Crippen LogP contribution in [0.2, 0.25) is 0 Å². The molecule has 2 heterocycles. The molecular formula is C19H25N3O3S. The lowest BCUT2D eigenvalue weighted by Crippen LogP contribution is -2.43. The number of ether oxygens (including phenoxy) is 1. The molecule has 0 N–H and O–H groups in total. The van der Waals surface area contributed by atoms with Crippen molar-refractivity contribution in [2.45, 2.75) is 32.4 Å². The number of thioether (sulfide) groups is 1. The van der Waals surface area contributed by atoms with Crippen LogP contribution in [-0.4, -0.2) is 46.5 Å². The second-order valence-electron chi connectivity index (χ2n) is 6.86. The fourth-order valence-electron chi connectivity index (χ4n) is 3.33. The predicted molar refractivity (Wildman–Crippen MR) is 101 cm³/mol. The summed E-state index contributed by atoms with van der Waals surface area (Å²) >= 11 is 1.30. The topological polar surface area (TPSA) is 68.5 Å². The van der Waals surface area contributed by atoms with Gasteiger partial charge in [-0.1, -0.05) is 25.6 Å². The van der Waals surface area contributed by atoms with E-state index in [9.17, 15) is 4.79 Å².